The highest BCUT2D eigenvalue weighted by Crippen LogP contribution is 2.20. The Kier molecular flexibility index (Phi) is 5.70. The van der Waals surface area contributed by atoms with Crippen LogP contribution in [-0.2, 0) is 16.4 Å². The lowest BCUT2D eigenvalue weighted by Crippen LogP contribution is -2.25. The van der Waals surface area contributed by atoms with Crippen LogP contribution in [-0.4, -0.2) is 42.6 Å². The van der Waals surface area contributed by atoms with Gasteiger partial charge >= 0.3 is 0 Å². The molecule has 12 heteroatoms. The third-order valence-electron chi connectivity index (χ3n) is 2.79. The van der Waals surface area contributed by atoms with Crippen LogP contribution in [0.25, 0.3) is 0 Å². The Balaban J connectivity index is 2.14. The van der Waals surface area contributed by atoms with Crippen molar-refractivity contribution in [3.8, 4) is 0 Å². The summed E-state index contributed by atoms with van der Waals surface area (Å²) in [5, 5.41) is 22.1. The molecule has 1 aromatic heterocycles. The minimum absolute atomic E-state index is 0.0567. The van der Waals surface area contributed by atoms with E-state index >= 15 is 0 Å². The summed E-state index contributed by atoms with van der Waals surface area (Å²) >= 11 is 5.68. The number of nitrogens with one attached hydrogen (secondary N) is 2. The fourth-order valence-corrected chi connectivity index (χ4v) is 2.40. The van der Waals surface area contributed by atoms with Crippen molar-refractivity contribution in [3.05, 3.63) is 40.4 Å². The molecule has 0 saturated carbocycles. The molecule has 0 atom stereocenters. The summed E-state index contributed by atoms with van der Waals surface area (Å²) in [6.07, 6.45) is 1.17. The van der Waals surface area contributed by atoms with Crippen molar-refractivity contribution in [2.24, 2.45) is 5.16 Å². The second kappa shape index (κ2) is 7.55. The summed E-state index contributed by atoms with van der Waals surface area (Å²) in [5.41, 5.74) is 0.685. The van der Waals surface area contributed by atoms with Gasteiger partial charge in [0.25, 0.3) is 0 Å². The molecule has 24 heavy (non-hydrogen) atoms. The molecule has 0 radical (unpaired) electrons. The van der Waals surface area contributed by atoms with E-state index in [1.54, 1.807) is 0 Å². The van der Waals surface area contributed by atoms with E-state index in [-0.39, 0.29) is 35.2 Å². The largest absolute Gasteiger partial charge is 0.409 e. The Labute approximate surface area is 141 Å². The number of amidine groups is 1. The second-order valence-corrected chi connectivity index (χ2v) is 6.92. The summed E-state index contributed by atoms with van der Waals surface area (Å²) in [6.45, 7) is 0.0567. The van der Waals surface area contributed by atoms with Gasteiger partial charge in [-0.3, -0.25) is 0 Å². The van der Waals surface area contributed by atoms with Crippen LogP contribution in [0.1, 0.15) is 11.4 Å². The minimum Gasteiger partial charge on any atom is -0.409 e. The van der Waals surface area contributed by atoms with Gasteiger partial charge in [0.1, 0.15) is 11.5 Å². The van der Waals surface area contributed by atoms with Crippen LogP contribution in [0.15, 0.2) is 28.0 Å². The van der Waals surface area contributed by atoms with Crippen LogP contribution in [0, 0.1) is 5.82 Å². The van der Waals surface area contributed by atoms with Gasteiger partial charge in [0.15, 0.2) is 5.69 Å². The standard InChI is InChI=1S/C12H13ClFN5O4S/c1-24(21,22)15-5-4-10-11(19-23-18-10)12(17-20)16-7-2-3-9(14)8(13)6-7/h2-3,6,15,20H,4-5H2,1H3,(H,16,17). The first-order valence-corrected chi connectivity index (χ1v) is 8.77. The average Bonchev–Trinajstić information content (AvgIpc) is 2.95. The Morgan fingerprint density at radius 1 is 1.46 bits per heavy atom. The molecule has 1 heterocycles. The van der Waals surface area contributed by atoms with Gasteiger partial charge < -0.3 is 10.5 Å². The summed E-state index contributed by atoms with van der Waals surface area (Å²) in [5.74, 6) is -0.714. The lowest BCUT2D eigenvalue weighted by molar-refractivity contribution is 0.301. The predicted molar refractivity (Wildman–Crippen MR) is 84.2 cm³/mol. The smallest absolute Gasteiger partial charge is 0.208 e. The van der Waals surface area contributed by atoms with Crippen molar-refractivity contribution in [2.45, 2.75) is 6.42 Å². The Morgan fingerprint density at radius 2 is 2.21 bits per heavy atom. The van der Waals surface area contributed by atoms with Crippen molar-refractivity contribution < 1.29 is 22.6 Å². The lowest BCUT2D eigenvalue weighted by Gasteiger charge is -2.07. The molecule has 0 amide bonds. The molecule has 0 aliphatic rings. The van der Waals surface area contributed by atoms with E-state index in [1.807, 2.05) is 0 Å². The van der Waals surface area contributed by atoms with E-state index in [0.29, 0.717) is 5.69 Å². The third kappa shape index (κ3) is 4.88. The molecule has 0 unspecified atom stereocenters. The first kappa shape index (κ1) is 18.1. The molecule has 0 aliphatic carbocycles. The van der Waals surface area contributed by atoms with Gasteiger partial charge in [-0.05, 0) is 23.4 Å². The molecule has 3 N–H and O–H groups in total. The van der Waals surface area contributed by atoms with Gasteiger partial charge in [0.2, 0.25) is 15.9 Å². The third-order valence-corrected chi connectivity index (χ3v) is 3.81. The van der Waals surface area contributed by atoms with Gasteiger partial charge in [0, 0.05) is 18.7 Å². The molecule has 1 aromatic carbocycles. The molecule has 0 saturated heterocycles. The highest BCUT2D eigenvalue weighted by molar-refractivity contribution is 7.88. The van der Waals surface area contributed by atoms with E-state index in [9.17, 15) is 12.8 Å². The summed E-state index contributed by atoms with van der Waals surface area (Å²) in [7, 11) is -3.35. The van der Waals surface area contributed by atoms with E-state index in [0.717, 1.165) is 12.3 Å². The minimum atomic E-state index is -3.35. The fourth-order valence-electron chi connectivity index (χ4n) is 1.75. The Morgan fingerprint density at radius 3 is 2.83 bits per heavy atom. The molecular formula is C12H13ClFN5O4S. The number of rotatable bonds is 6. The zero-order valence-corrected chi connectivity index (χ0v) is 13.9. The number of halogens is 2. The highest BCUT2D eigenvalue weighted by atomic mass is 35.5. The summed E-state index contributed by atoms with van der Waals surface area (Å²) < 4.78 is 42.1. The Bertz CT molecular complexity index is 855. The van der Waals surface area contributed by atoms with Crippen molar-refractivity contribution in [2.75, 3.05) is 18.1 Å². The number of hydrogen-bond donors (Lipinski definition) is 3. The molecule has 9 nitrogen and oxygen atoms in total. The zero-order valence-electron chi connectivity index (χ0n) is 12.3. The van der Waals surface area contributed by atoms with Gasteiger partial charge in [-0.15, -0.1) is 0 Å². The van der Waals surface area contributed by atoms with Crippen LogP contribution >= 0.6 is 11.6 Å². The summed E-state index contributed by atoms with van der Waals surface area (Å²) in [4.78, 5) is 0. The maximum atomic E-state index is 13.2. The average molecular weight is 378 g/mol. The Hall–Kier alpha value is -2.24. The second-order valence-electron chi connectivity index (χ2n) is 4.68. The maximum Gasteiger partial charge on any atom is 0.208 e. The van der Waals surface area contributed by atoms with Crippen LogP contribution in [0.4, 0.5) is 10.1 Å². The maximum absolute atomic E-state index is 13.2. The van der Waals surface area contributed by atoms with Gasteiger partial charge in [0.05, 0.1) is 11.3 Å². The van der Waals surface area contributed by atoms with Crippen LogP contribution in [0.3, 0.4) is 0 Å². The van der Waals surface area contributed by atoms with Crippen LogP contribution < -0.4 is 10.0 Å². The highest BCUT2D eigenvalue weighted by Gasteiger charge is 2.18. The monoisotopic (exact) mass is 377 g/mol. The normalized spacial score (nSPS) is 12.4. The number of oxime groups is 1. The van der Waals surface area contributed by atoms with Crippen LogP contribution in [0.2, 0.25) is 5.02 Å². The molecule has 0 bridgehead atoms. The topological polar surface area (TPSA) is 130 Å². The van der Waals surface area contributed by atoms with Gasteiger partial charge in [-0.2, -0.15) is 0 Å². The summed E-state index contributed by atoms with van der Waals surface area (Å²) in [6, 6.07) is 3.81. The van der Waals surface area contributed by atoms with Gasteiger partial charge in [-0.1, -0.05) is 21.9 Å². The van der Waals surface area contributed by atoms with Crippen molar-refractivity contribution >= 4 is 33.1 Å². The quantitative estimate of drug-likeness (QED) is 0.298. The van der Waals surface area contributed by atoms with E-state index in [4.69, 9.17) is 16.8 Å². The van der Waals surface area contributed by atoms with E-state index in [2.05, 4.69) is 30.1 Å². The number of anilines is 1. The van der Waals surface area contributed by atoms with Crippen molar-refractivity contribution in [1.29, 1.82) is 0 Å². The lowest BCUT2D eigenvalue weighted by atomic mass is 10.2. The fraction of sp³-hybridized carbons (Fsp3) is 0.250. The van der Waals surface area contributed by atoms with E-state index in [1.165, 1.54) is 12.1 Å². The SMILES string of the molecule is CS(=O)(=O)NCCc1nonc1/C(=N\O)Nc1ccc(F)c(Cl)c1. The number of nitrogens with zero attached hydrogens (tertiary/aromatic N) is 3. The van der Waals surface area contributed by atoms with Crippen LogP contribution in [0.5, 0.6) is 0 Å². The molecule has 2 rings (SSSR count). The molecule has 130 valence electrons. The number of sulfonamides is 1. The molecule has 0 spiro atoms. The number of hydrogen-bond acceptors (Lipinski definition) is 7. The zero-order chi connectivity index (χ0) is 17.7. The predicted octanol–water partition coefficient (Wildman–Crippen LogP) is 1.20. The van der Waals surface area contributed by atoms with Gasteiger partial charge in [-0.25, -0.2) is 22.2 Å². The molecule has 0 aliphatic heterocycles. The van der Waals surface area contributed by atoms with Crippen molar-refractivity contribution in [3.63, 3.8) is 0 Å². The van der Waals surface area contributed by atoms with E-state index < -0.39 is 15.8 Å². The molecular weight excluding hydrogens is 365 g/mol. The van der Waals surface area contributed by atoms with Crippen molar-refractivity contribution in [1.82, 2.24) is 15.0 Å². The number of aromatic nitrogens is 2. The first-order chi connectivity index (χ1) is 11.3. The number of benzene rings is 1. The molecule has 2 aromatic rings. The molecule has 0 fully saturated rings. The first-order valence-electron chi connectivity index (χ1n) is 6.50.